The number of halogens is 2. The van der Waals surface area contributed by atoms with Crippen LogP contribution >= 0.6 is 11.6 Å². The van der Waals surface area contributed by atoms with Crippen molar-refractivity contribution in [3.05, 3.63) is 53.0 Å². The van der Waals surface area contributed by atoms with Crippen LogP contribution in [0.2, 0.25) is 5.02 Å². The maximum absolute atomic E-state index is 17.0. The van der Waals surface area contributed by atoms with Gasteiger partial charge in [0.25, 0.3) is 0 Å². The maximum atomic E-state index is 17.0. The molecule has 1 N–H and O–H groups in total. The Labute approximate surface area is 290 Å². The van der Waals surface area contributed by atoms with Crippen LogP contribution in [0, 0.1) is 29.5 Å². The van der Waals surface area contributed by atoms with Gasteiger partial charge in [0.05, 0.1) is 23.3 Å². The van der Waals surface area contributed by atoms with Crippen molar-refractivity contribution in [2.45, 2.75) is 58.3 Å². The predicted molar refractivity (Wildman–Crippen MR) is 189 cm³/mol. The van der Waals surface area contributed by atoms with Crippen molar-refractivity contribution < 1.29 is 13.9 Å². The molecule has 0 atom stereocenters. The number of nitrogens with one attached hydrogen (secondary N) is 1. The lowest BCUT2D eigenvalue weighted by Gasteiger charge is -2.54. The first kappa shape index (κ1) is 31.2. The molecular weight excluding hydrogens is 641 g/mol. The lowest BCUT2D eigenvalue weighted by Crippen LogP contribution is -2.62. The van der Waals surface area contributed by atoms with Crippen molar-refractivity contribution in [3.63, 3.8) is 0 Å². The topological polar surface area (TPSA) is 90.5 Å². The average molecular weight is 684 g/mol. The summed E-state index contributed by atoms with van der Waals surface area (Å²) in [5, 5.41) is 8.90. The smallest absolute Gasteiger partial charge is 0.319 e. The highest BCUT2D eigenvalue weighted by Crippen LogP contribution is 2.48. The number of fused-ring (bicyclic) bond motifs is 2. The molecule has 1 amide bonds. The number of hydrogen-bond donors (Lipinski definition) is 1. The molecule has 0 unspecified atom stereocenters. The third-order valence-corrected chi connectivity index (χ3v) is 12.3. The van der Waals surface area contributed by atoms with Crippen LogP contribution in [0.25, 0.3) is 32.9 Å². The molecule has 3 aliphatic heterocycles. The van der Waals surface area contributed by atoms with Crippen LogP contribution in [0.3, 0.4) is 0 Å². The third-order valence-electron chi connectivity index (χ3n) is 12.0. The Hall–Kier alpha value is -3.76. The zero-order valence-electron chi connectivity index (χ0n) is 28.2. The summed E-state index contributed by atoms with van der Waals surface area (Å²) in [6, 6.07) is 5.92. The molecule has 0 radical (unpaired) electrons. The highest BCUT2D eigenvalue weighted by Gasteiger charge is 2.49. The number of benzene rings is 2. The minimum Gasteiger partial charge on any atom is -0.463 e. The molecule has 2 aliphatic carbocycles. The zero-order valence-corrected chi connectivity index (χ0v) is 28.9. The molecule has 256 valence electrons. The van der Waals surface area contributed by atoms with Crippen LogP contribution < -0.4 is 9.64 Å². The van der Waals surface area contributed by atoms with Crippen LogP contribution in [-0.4, -0.2) is 88.3 Å². The summed E-state index contributed by atoms with van der Waals surface area (Å²) in [6.45, 7) is 12.9. The summed E-state index contributed by atoms with van der Waals surface area (Å²) in [6.07, 6.45) is 10.5. The third kappa shape index (κ3) is 5.55. The van der Waals surface area contributed by atoms with Crippen LogP contribution in [0.1, 0.15) is 56.9 Å². The fraction of sp³-hybridized carbons (Fsp3) is 0.526. The Bertz CT molecular complexity index is 1980. The summed E-state index contributed by atoms with van der Waals surface area (Å²) in [7, 11) is 0. The molecule has 5 heterocycles. The van der Waals surface area contributed by atoms with Crippen LogP contribution in [0.5, 0.6) is 6.01 Å². The molecule has 49 heavy (non-hydrogen) atoms. The number of piperidine rings is 1. The second-order valence-electron chi connectivity index (χ2n) is 15.6. The maximum Gasteiger partial charge on any atom is 0.319 e. The monoisotopic (exact) mass is 683 g/mol. The Morgan fingerprint density at radius 2 is 1.82 bits per heavy atom. The van der Waals surface area contributed by atoms with E-state index in [-0.39, 0.29) is 28.3 Å². The number of hydrogen-bond acceptors (Lipinski definition) is 7. The van der Waals surface area contributed by atoms with Gasteiger partial charge in [-0.3, -0.25) is 9.89 Å². The van der Waals surface area contributed by atoms with Crippen molar-refractivity contribution in [1.29, 1.82) is 0 Å². The van der Waals surface area contributed by atoms with Gasteiger partial charge in [-0.25, -0.2) is 4.39 Å². The van der Waals surface area contributed by atoms with Gasteiger partial charge in [0, 0.05) is 71.0 Å². The van der Waals surface area contributed by atoms with E-state index in [2.05, 4.69) is 26.6 Å². The molecule has 11 heteroatoms. The molecule has 2 saturated carbocycles. The summed E-state index contributed by atoms with van der Waals surface area (Å²) < 4.78 is 23.4. The fourth-order valence-electron chi connectivity index (χ4n) is 8.54. The Kier molecular flexibility index (Phi) is 7.43. The minimum atomic E-state index is -0.483. The molecular formula is C38H43ClFN7O2. The number of amides is 1. The molecule has 4 aromatic rings. The van der Waals surface area contributed by atoms with E-state index in [1.165, 1.54) is 12.8 Å². The molecule has 5 aliphatic rings. The number of nitrogens with zero attached hydrogens (tertiary/aromatic N) is 6. The van der Waals surface area contributed by atoms with E-state index in [0.717, 1.165) is 106 Å². The molecule has 9 rings (SSSR count). The van der Waals surface area contributed by atoms with E-state index in [4.69, 9.17) is 26.3 Å². The summed E-state index contributed by atoms with van der Waals surface area (Å²) >= 11 is 6.99. The van der Waals surface area contributed by atoms with Crippen LogP contribution in [0.4, 0.5) is 10.2 Å². The first-order valence-electron chi connectivity index (χ1n) is 17.9. The van der Waals surface area contributed by atoms with E-state index in [9.17, 15) is 4.79 Å². The second-order valence-corrected chi connectivity index (χ2v) is 16.0. The Morgan fingerprint density at radius 3 is 2.53 bits per heavy atom. The van der Waals surface area contributed by atoms with Gasteiger partial charge in [0.2, 0.25) is 5.91 Å². The largest absolute Gasteiger partial charge is 0.463 e. The Balaban J connectivity index is 1.04. The number of aromatic nitrogens is 4. The van der Waals surface area contributed by atoms with E-state index in [1.807, 2.05) is 30.0 Å². The number of ether oxygens (including phenoxy) is 1. The Morgan fingerprint density at radius 1 is 1.06 bits per heavy atom. The van der Waals surface area contributed by atoms with Gasteiger partial charge >= 0.3 is 6.01 Å². The van der Waals surface area contributed by atoms with Crippen molar-refractivity contribution in [1.82, 2.24) is 30.0 Å². The first-order valence-corrected chi connectivity index (χ1v) is 18.3. The number of aryl methyl sites for hydroxylation is 1. The fourth-order valence-corrected chi connectivity index (χ4v) is 8.82. The summed E-state index contributed by atoms with van der Waals surface area (Å²) in [4.78, 5) is 29.4. The number of carbonyl (C=O) groups is 1. The lowest BCUT2D eigenvalue weighted by molar-refractivity contribution is -0.140. The SMILES string of the molecule is C=C(C(=O)N1CC2(CCN(c3nc(OCC4(CN5CCCC5)CC4)nc4c(F)c(-c5c(C)ccc6[nH]ncc56)c(Cl)cc34)CC2)C1)C1CC1. The highest BCUT2D eigenvalue weighted by molar-refractivity contribution is 6.35. The zero-order chi connectivity index (χ0) is 33.5. The normalized spacial score (nSPS) is 21.4. The molecule has 5 fully saturated rings. The van der Waals surface area contributed by atoms with E-state index >= 15 is 4.39 Å². The van der Waals surface area contributed by atoms with Crippen molar-refractivity contribution in [2.75, 3.05) is 57.3 Å². The molecule has 2 aromatic heterocycles. The van der Waals surface area contributed by atoms with Crippen molar-refractivity contribution >= 4 is 45.1 Å². The molecule has 9 nitrogen and oxygen atoms in total. The number of H-pyrrole nitrogens is 1. The number of rotatable bonds is 9. The van der Waals surface area contributed by atoms with E-state index in [1.54, 1.807) is 6.20 Å². The second kappa shape index (κ2) is 11.7. The first-order chi connectivity index (χ1) is 23.7. The highest BCUT2D eigenvalue weighted by atomic mass is 35.5. The number of carbonyl (C=O) groups excluding carboxylic acids is 1. The van der Waals surface area contributed by atoms with Gasteiger partial charge in [-0.05, 0) is 95.0 Å². The van der Waals surface area contributed by atoms with Crippen LogP contribution in [-0.2, 0) is 4.79 Å². The van der Waals surface area contributed by atoms with E-state index < -0.39 is 5.82 Å². The number of likely N-dealkylation sites (tertiary alicyclic amines) is 2. The van der Waals surface area contributed by atoms with Crippen molar-refractivity contribution in [2.24, 2.45) is 16.7 Å². The molecule has 3 saturated heterocycles. The standard InChI is InChI=1S/C38H43ClFN7O2/c1-23-5-8-29-27(18-41-44-29)30(23)31-28(39)17-26-33(32(31)40)42-36(49-22-38(9-10-38)19-45-13-3-4-14-45)43-34(26)46-15-11-37(12-16-46)20-47(21-37)35(48)24(2)25-6-7-25/h5,8,17-18,25H,2-4,6-7,9-16,19-22H2,1H3,(H,41,44). The van der Waals surface area contributed by atoms with Gasteiger partial charge in [0.1, 0.15) is 11.3 Å². The predicted octanol–water partition coefficient (Wildman–Crippen LogP) is 6.92. The van der Waals surface area contributed by atoms with Gasteiger partial charge in [-0.2, -0.15) is 15.1 Å². The number of anilines is 1. The molecule has 0 bridgehead atoms. The van der Waals surface area contributed by atoms with Gasteiger partial charge in [0.15, 0.2) is 5.82 Å². The lowest BCUT2D eigenvalue weighted by atomic mass is 9.71. The number of aromatic amines is 1. The van der Waals surface area contributed by atoms with Gasteiger partial charge < -0.3 is 19.4 Å². The quantitative estimate of drug-likeness (QED) is 0.192. The molecule has 1 spiro atoms. The molecule has 2 aromatic carbocycles. The van der Waals surface area contributed by atoms with E-state index in [0.29, 0.717) is 39.9 Å². The van der Waals surface area contributed by atoms with Crippen LogP contribution in [0.15, 0.2) is 36.5 Å². The van der Waals surface area contributed by atoms with Gasteiger partial charge in [-0.15, -0.1) is 0 Å². The van der Waals surface area contributed by atoms with Gasteiger partial charge in [-0.1, -0.05) is 24.2 Å². The summed E-state index contributed by atoms with van der Waals surface area (Å²) in [5.74, 6) is 0.676. The average Bonchev–Trinajstić information content (AvgIpc) is 3.97. The summed E-state index contributed by atoms with van der Waals surface area (Å²) in [5.41, 5.74) is 3.92. The minimum absolute atomic E-state index is 0.100. The van der Waals surface area contributed by atoms with Crippen molar-refractivity contribution in [3.8, 4) is 17.1 Å².